The van der Waals surface area contributed by atoms with Crippen molar-refractivity contribution in [1.82, 2.24) is 5.32 Å². The van der Waals surface area contributed by atoms with Gasteiger partial charge in [0.1, 0.15) is 5.75 Å². The summed E-state index contributed by atoms with van der Waals surface area (Å²) >= 11 is 5.87. The van der Waals surface area contributed by atoms with E-state index in [1.165, 1.54) is 0 Å². The van der Waals surface area contributed by atoms with Crippen LogP contribution in [0.4, 0.5) is 5.69 Å². The first-order chi connectivity index (χ1) is 9.58. The molecule has 0 unspecified atom stereocenters. The van der Waals surface area contributed by atoms with Gasteiger partial charge in [0.25, 0.3) is 5.91 Å². The molecule has 0 aromatic heterocycles. The van der Waals surface area contributed by atoms with Gasteiger partial charge in [-0.05, 0) is 35.9 Å². The first-order valence-corrected chi connectivity index (χ1v) is 6.43. The zero-order valence-corrected chi connectivity index (χ0v) is 11.8. The number of rotatable bonds is 4. The van der Waals surface area contributed by atoms with Gasteiger partial charge in [-0.25, -0.2) is 0 Å². The van der Waals surface area contributed by atoms with Crippen LogP contribution in [0.2, 0.25) is 5.02 Å². The van der Waals surface area contributed by atoms with E-state index in [-0.39, 0.29) is 5.91 Å². The number of nitrogens with two attached hydrogens (primary N) is 1. The average molecular weight is 291 g/mol. The molecule has 0 radical (unpaired) electrons. The van der Waals surface area contributed by atoms with Gasteiger partial charge in [-0.1, -0.05) is 23.7 Å². The fourth-order valence-electron chi connectivity index (χ4n) is 1.81. The van der Waals surface area contributed by atoms with E-state index < -0.39 is 0 Å². The Morgan fingerprint density at radius 3 is 2.80 bits per heavy atom. The van der Waals surface area contributed by atoms with E-state index in [1.807, 2.05) is 24.3 Å². The normalized spacial score (nSPS) is 10.1. The smallest absolute Gasteiger partial charge is 0.251 e. The predicted octanol–water partition coefficient (Wildman–Crippen LogP) is 2.86. The summed E-state index contributed by atoms with van der Waals surface area (Å²) in [5.74, 6) is 0.533. The molecule has 5 heteroatoms. The Morgan fingerprint density at radius 2 is 2.10 bits per heavy atom. The molecule has 1 amide bonds. The average Bonchev–Trinajstić information content (AvgIpc) is 2.44. The Hall–Kier alpha value is -2.20. The van der Waals surface area contributed by atoms with Gasteiger partial charge in [-0.3, -0.25) is 4.79 Å². The number of anilines is 1. The van der Waals surface area contributed by atoms with Crippen molar-refractivity contribution >= 4 is 23.2 Å². The molecule has 0 aliphatic carbocycles. The number of nitrogens with one attached hydrogen (secondary N) is 1. The van der Waals surface area contributed by atoms with Crippen LogP contribution >= 0.6 is 11.6 Å². The van der Waals surface area contributed by atoms with Gasteiger partial charge in [-0.15, -0.1) is 0 Å². The lowest BCUT2D eigenvalue weighted by atomic mass is 10.1. The Morgan fingerprint density at radius 1 is 1.30 bits per heavy atom. The van der Waals surface area contributed by atoms with E-state index in [0.717, 1.165) is 11.3 Å². The minimum atomic E-state index is -0.220. The molecular formula is C15H15ClN2O2. The third-order valence-corrected chi connectivity index (χ3v) is 2.99. The Balaban J connectivity index is 2.04. The molecule has 3 N–H and O–H groups in total. The number of hydrogen-bond acceptors (Lipinski definition) is 3. The van der Waals surface area contributed by atoms with Crippen LogP contribution in [-0.4, -0.2) is 13.0 Å². The van der Waals surface area contributed by atoms with E-state index in [0.29, 0.717) is 22.8 Å². The lowest BCUT2D eigenvalue weighted by Gasteiger charge is -2.08. The zero-order chi connectivity index (χ0) is 14.5. The maximum Gasteiger partial charge on any atom is 0.251 e. The molecule has 0 atom stereocenters. The molecule has 0 saturated carbocycles. The number of ether oxygens (including phenoxy) is 1. The molecule has 0 fully saturated rings. The van der Waals surface area contributed by atoms with E-state index in [4.69, 9.17) is 22.1 Å². The van der Waals surface area contributed by atoms with Gasteiger partial charge >= 0.3 is 0 Å². The number of amides is 1. The van der Waals surface area contributed by atoms with Gasteiger partial charge in [0.15, 0.2) is 0 Å². The summed E-state index contributed by atoms with van der Waals surface area (Å²) in [6, 6.07) is 12.3. The number of methoxy groups -OCH3 is 1. The molecule has 2 aromatic carbocycles. The van der Waals surface area contributed by atoms with Crippen LogP contribution in [0.15, 0.2) is 42.5 Å². The largest absolute Gasteiger partial charge is 0.497 e. The number of hydrogen-bond donors (Lipinski definition) is 2. The summed E-state index contributed by atoms with van der Waals surface area (Å²) in [6.45, 7) is 0.405. The van der Waals surface area contributed by atoms with Crippen LogP contribution in [0.5, 0.6) is 5.75 Å². The van der Waals surface area contributed by atoms with Crippen LogP contribution in [0.3, 0.4) is 0 Å². The summed E-state index contributed by atoms with van der Waals surface area (Å²) in [6.07, 6.45) is 0. The van der Waals surface area contributed by atoms with Crippen LogP contribution in [-0.2, 0) is 6.54 Å². The van der Waals surface area contributed by atoms with Crippen molar-refractivity contribution in [3.05, 3.63) is 58.6 Å². The third kappa shape index (κ3) is 3.65. The van der Waals surface area contributed by atoms with Gasteiger partial charge in [-0.2, -0.15) is 0 Å². The molecule has 0 saturated heterocycles. The van der Waals surface area contributed by atoms with E-state index in [1.54, 1.807) is 25.3 Å². The Kier molecular flexibility index (Phi) is 4.48. The molecule has 20 heavy (non-hydrogen) atoms. The molecule has 0 aliphatic rings. The summed E-state index contributed by atoms with van der Waals surface area (Å²) < 4.78 is 5.13. The van der Waals surface area contributed by atoms with Crippen LogP contribution in [0, 0.1) is 0 Å². The highest BCUT2D eigenvalue weighted by molar-refractivity contribution is 6.31. The molecule has 104 valence electrons. The second kappa shape index (κ2) is 6.30. The first-order valence-electron chi connectivity index (χ1n) is 6.05. The number of halogens is 1. The molecular weight excluding hydrogens is 276 g/mol. The molecule has 2 aromatic rings. The first kappa shape index (κ1) is 14.2. The highest BCUT2D eigenvalue weighted by Gasteiger charge is 2.07. The van der Waals surface area contributed by atoms with Crippen LogP contribution in [0.1, 0.15) is 15.9 Å². The van der Waals surface area contributed by atoms with Crippen molar-refractivity contribution in [1.29, 1.82) is 0 Å². The Bertz CT molecular complexity index is 609. The Labute approximate surface area is 122 Å². The molecule has 4 nitrogen and oxygen atoms in total. The molecule has 2 rings (SSSR count). The highest BCUT2D eigenvalue weighted by Crippen LogP contribution is 2.17. The van der Waals surface area contributed by atoms with Gasteiger partial charge in [0, 0.05) is 22.8 Å². The zero-order valence-electron chi connectivity index (χ0n) is 11.0. The van der Waals surface area contributed by atoms with E-state index >= 15 is 0 Å². The third-order valence-electron chi connectivity index (χ3n) is 2.77. The van der Waals surface area contributed by atoms with Crippen LogP contribution < -0.4 is 15.8 Å². The highest BCUT2D eigenvalue weighted by atomic mass is 35.5. The maximum atomic E-state index is 12.0. The quantitative estimate of drug-likeness (QED) is 0.851. The van der Waals surface area contributed by atoms with Crippen molar-refractivity contribution in [3.8, 4) is 5.75 Å². The fourth-order valence-corrected chi connectivity index (χ4v) is 2.05. The second-order valence-electron chi connectivity index (χ2n) is 4.31. The summed E-state index contributed by atoms with van der Waals surface area (Å²) in [5, 5.41) is 3.25. The maximum absolute atomic E-state index is 12.0. The number of nitrogen functional groups attached to an aromatic ring is 1. The van der Waals surface area contributed by atoms with Gasteiger partial charge in [0.05, 0.1) is 7.11 Å². The SMILES string of the molecule is COc1cccc(CNC(=O)c2cc(N)cc(Cl)c2)c1. The van der Waals surface area contributed by atoms with Crippen molar-refractivity contribution in [2.45, 2.75) is 6.54 Å². The van der Waals surface area contributed by atoms with E-state index in [2.05, 4.69) is 5.32 Å². The van der Waals surface area contributed by atoms with Crippen molar-refractivity contribution in [2.24, 2.45) is 0 Å². The molecule has 0 aliphatic heterocycles. The predicted molar refractivity (Wildman–Crippen MR) is 80.0 cm³/mol. The molecule has 0 bridgehead atoms. The number of carbonyl (C=O) groups excluding carboxylic acids is 1. The van der Waals surface area contributed by atoms with Gasteiger partial charge < -0.3 is 15.8 Å². The fraction of sp³-hybridized carbons (Fsp3) is 0.133. The summed E-state index contributed by atoms with van der Waals surface area (Å²) in [7, 11) is 1.60. The minimum Gasteiger partial charge on any atom is -0.497 e. The summed E-state index contributed by atoms with van der Waals surface area (Å²) in [5.41, 5.74) is 7.52. The lowest BCUT2D eigenvalue weighted by Crippen LogP contribution is -2.22. The number of carbonyl (C=O) groups is 1. The second-order valence-corrected chi connectivity index (χ2v) is 4.74. The minimum absolute atomic E-state index is 0.220. The number of benzene rings is 2. The van der Waals surface area contributed by atoms with Crippen molar-refractivity contribution in [3.63, 3.8) is 0 Å². The monoisotopic (exact) mass is 290 g/mol. The lowest BCUT2D eigenvalue weighted by molar-refractivity contribution is 0.0951. The van der Waals surface area contributed by atoms with Crippen molar-refractivity contribution < 1.29 is 9.53 Å². The molecule has 0 heterocycles. The summed E-state index contributed by atoms with van der Waals surface area (Å²) in [4.78, 5) is 12.0. The van der Waals surface area contributed by atoms with Crippen LogP contribution in [0.25, 0.3) is 0 Å². The van der Waals surface area contributed by atoms with Crippen molar-refractivity contribution in [2.75, 3.05) is 12.8 Å². The van der Waals surface area contributed by atoms with Gasteiger partial charge in [0.2, 0.25) is 0 Å². The molecule has 0 spiro atoms. The van der Waals surface area contributed by atoms with E-state index in [9.17, 15) is 4.79 Å². The topological polar surface area (TPSA) is 64.3 Å². The standard InChI is InChI=1S/C15H15ClN2O2/c1-20-14-4-2-3-10(5-14)9-18-15(19)11-6-12(16)8-13(17)7-11/h2-8H,9,17H2,1H3,(H,18,19).